The number of hydrogen-bond acceptors (Lipinski definition) is 2. The summed E-state index contributed by atoms with van der Waals surface area (Å²) in [5.74, 6) is -2.61. The van der Waals surface area contributed by atoms with Gasteiger partial charge in [0.25, 0.3) is 5.92 Å². The molecule has 0 spiro atoms. The molecule has 0 aromatic heterocycles. The molecule has 0 atom stereocenters. The predicted octanol–water partition coefficient (Wildman–Crippen LogP) is 1.47. The Kier molecular flexibility index (Phi) is 1.48. The summed E-state index contributed by atoms with van der Waals surface area (Å²) in [6, 6.07) is 0. The van der Waals surface area contributed by atoms with Crippen molar-refractivity contribution in [3.05, 3.63) is 0 Å². The Balaban J connectivity index is 2.41. The minimum Gasteiger partial charge on any atom is -0.379 e. The Bertz CT molecular complexity index is 118. The second-order valence-corrected chi connectivity index (χ2v) is 3.53. The third kappa shape index (κ3) is 1.35. The molecule has 0 aromatic rings. The van der Waals surface area contributed by atoms with Gasteiger partial charge in [0.15, 0.2) is 0 Å². The summed E-state index contributed by atoms with van der Waals surface area (Å²) in [6.45, 7) is 0. The highest BCUT2D eigenvalue weighted by atomic mass is 32.2. The minimum atomic E-state index is -2.61. The lowest BCUT2D eigenvalue weighted by atomic mass is 9.90. The molecule has 9 heavy (non-hydrogen) atoms. The first-order valence-corrected chi connectivity index (χ1v) is 3.85. The highest BCUT2D eigenvalue weighted by Gasteiger charge is 2.55. The molecule has 1 rings (SSSR count). The van der Waals surface area contributed by atoms with E-state index in [1.807, 2.05) is 0 Å². The molecule has 1 nitrogen and oxygen atoms in total. The highest BCUT2D eigenvalue weighted by Crippen LogP contribution is 2.50. The fourth-order valence-electron chi connectivity index (χ4n) is 0.901. The summed E-state index contributed by atoms with van der Waals surface area (Å²) in [4.78, 5) is -1.14. The number of aliphatic hydroxyl groups is 1. The molecule has 0 bridgehead atoms. The Morgan fingerprint density at radius 3 is 2.00 bits per heavy atom. The van der Waals surface area contributed by atoms with E-state index in [4.69, 9.17) is 5.11 Å². The molecule has 4 heteroatoms. The molecule has 0 amide bonds. The van der Waals surface area contributed by atoms with Gasteiger partial charge in [-0.25, -0.2) is 8.78 Å². The fourth-order valence-corrected chi connectivity index (χ4v) is 1.61. The summed E-state index contributed by atoms with van der Waals surface area (Å²) in [6.07, 6.45) is 0.859. The number of alkyl halides is 2. The molecule has 1 aliphatic rings. The first kappa shape index (κ1) is 7.28. The van der Waals surface area contributed by atoms with Crippen LogP contribution in [0, 0.1) is 0 Å². The van der Waals surface area contributed by atoms with Crippen LogP contribution in [0.1, 0.15) is 12.8 Å². The van der Waals surface area contributed by atoms with Crippen molar-refractivity contribution in [2.75, 3.05) is 6.26 Å². The third-order valence-corrected chi connectivity index (χ3v) is 2.50. The molecule has 0 heterocycles. The molecule has 54 valence electrons. The number of thioether (sulfide) groups is 1. The van der Waals surface area contributed by atoms with Crippen molar-refractivity contribution >= 4 is 11.8 Å². The SMILES string of the molecule is CSC1(O)CC(F)(F)C1. The van der Waals surface area contributed by atoms with Crippen LogP contribution in [0.3, 0.4) is 0 Å². The van der Waals surface area contributed by atoms with Gasteiger partial charge < -0.3 is 5.11 Å². The quantitative estimate of drug-likeness (QED) is 0.577. The highest BCUT2D eigenvalue weighted by molar-refractivity contribution is 7.99. The van der Waals surface area contributed by atoms with Gasteiger partial charge >= 0.3 is 0 Å². The van der Waals surface area contributed by atoms with Crippen molar-refractivity contribution in [1.82, 2.24) is 0 Å². The van der Waals surface area contributed by atoms with Crippen LogP contribution < -0.4 is 0 Å². The van der Waals surface area contributed by atoms with E-state index < -0.39 is 10.9 Å². The smallest absolute Gasteiger partial charge is 0.255 e. The van der Waals surface area contributed by atoms with Gasteiger partial charge in [0.2, 0.25) is 0 Å². The van der Waals surface area contributed by atoms with Crippen LogP contribution in [0.5, 0.6) is 0 Å². The van der Waals surface area contributed by atoms with E-state index in [9.17, 15) is 8.78 Å². The van der Waals surface area contributed by atoms with Crippen LogP contribution in [0.25, 0.3) is 0 Å². The van der Waals surface area contributed by atoms with Gasteiger partial charge in [-0.05, 0) is 6.26 Å². The molecule has 1 fully saturated rings. The largest absolute Gasteiger partial charge is 0.379 e. The average molecular weight is 154 g/mol. The molecule has 1 aliphatic carbocycles. The molecule has 0 saturated heterocycles. The summed E-state index contributed by atoms with van der Waals surface area (Å²) < 4.78 is 24.1. The van der Waals surface area contributed by atoms with E-state index in [-0.39, 0.29) is 12.8 Å². The van der Waals surface area contributed by atoms with Gasteiger partial charge in [0.05, 0.1) is 0 Å². The van der Waals surface area contributed by atoms with Crippen molar-refractivity contribution in [3.63, 3.8) is 0 Å². The van der Waals surface area contributed by atoms with E-state index in [2.05, 4.69) is 0 Å². The van der Waals surface area contributed by atoms with Gasteiger partial charge in [-0.1, -0.05) is 0 Å². The monoisotopic (exact) mass is 154 g/mol. The van der Waals surface area contributed by atoms with Crippen molar-refractivity contribution < 1.29 is 13.9 Å². The zero-order valence-corrected chi connectivity index (χ0v) is 5.84. The van der Waals surface area contributed by atoms with E-state index in [1.165, 1.54) is 0 Å². The van der Waals surface area contributed by atoms with Crippen LogP contribution in [0.15, 0.2) is 0 Å². The molecule has 1 N–H and O–H groups in total. The molecule has 0 unspecified atom stereocenters. The third-order valence-electron chi connectivity index (χ3n) is 1.45. The maximum Gasteiger partial charge on any atom is 0.255 e. The van der Waals surface area contributed by atoms with Gasteiger partial charge in [-0.15, -0.1) is 11.8 Å². The Morgan fingerprint density at radius 2 is 1.89 bits per heavy atom. The Hall–Kier alpha value is 0.170. The maximum absolute atomic E-state index is 12.0. The summed E-state index contributed by atoms with van der Waals surface area (Å²) in [7, 11) is 0. The molecular formula is C5H8F2OS. The lowest BCUT2D eigenvalue weighted by Crippen LogP contribution is -2.48. The molecule has 0 aliphatic heterocycles. The second-order valence-electron chi connectivity index (χ2n) is 2.36. The van der Waals surface area contributed by atoms with Gasteiger partial charge in [-0.2, -0.15) is 0 Å². The topological polar surface area (TPSA) is 20.2 Å². The fraction of sp³-hybridized carbons (Fsp3) is 1.00. The van der Waals surface area contributed by atoms with E-state index in [1.54, 1.807) is 6.26 Å². The zero-order valence-electron chi connectivity index (χ0n) is 5.03. The molecule has 1 saturated carbocycles. The van der Waals surface area contributed by atoms with Crippen LogP contribution >= 0.6 is 11.8 Å². The minimum absolute atomic E-state index is 0.388. The Labute approximate surface area is 56.4 Å². The Morgan fingerprint density at radius 1 is 1.44 bits per heavy atom. The summed E-state index contributed by atoms with van der Waals surface area (Å²) in [5.41, 5.74) is 0. The maximum atomic E-state index is 12.0. The zero-order chi connectivity index (χ0) is 7.12. The van der Waals surface area contributed by atoms with E-state index >= 15 is 0 Å². The molecular weight excluding hydrogens is 146 g/mol. The second kappa shape index (κ2) is 1.83. The lowest BCUT2D eigenvalue weighted by Gasteiger charge is -2.41. The normalized spacial score (nSPS) is 29.3. The predicted molar refractivity (Wildman–Crippen MR) is 32.6 cm³/mol. The van der Waals surface area contributed by atoms with Gasteiger partial charge in [0.1, 0.15) is 4.93 Å². The van der Waals surface area contributed by atoms with Crippen LogP contribution in [-0.4, -0.2) is 22.2 Å². The van der Waals surface area contributed by atoms with Crippen molar-refractivity contribution in [3.8, 4) is 0 Å². The van der Waals surface area contributed by atoms with Crippen molar-refractivity contribution in [1.29, 1.82) is 0 Å². The number of hydrogen-bond donors (Lipinski definition) is 1. The molecule has 0 radical (unpaired) electrons. The lowest BCUT2D eigenvalue weighted by molar-refractivity contribution is -0.160. The molecule has 0 aromatic carbocycles. The number of halogens is 2. The van der Waals surface area contributed by atoms with Crippen molar-refractivity contribution in [2.45, 2.75) is 23.7 Å². The van der Waals surface area contributed by atoms with Crippen molar-refractivity contribution in [2.24, 2.45) is 0 Å². The first-order valence-electron chi connectivity index (χ1n) is 2.63. The summed E-state index contributed by atoms with van der Waals surface area (Å²) >= 11 is 1.09. The van der Waals surface area contributed by atoms with Gasteiger partial charge in [-0.3, -0.25) is 0 Å². The van der Waals surface area contributed by atoms with E-state index in [0.29, 0.717) is 0 Å². The van der Waals surface area contributed by atoms with Crippen LogP contribution in [0.4, 0.5) is 8.78 Å². The first-order chi connectivity index (χ1) is 3.97. The summed E-state index contributed by atoms with van der Waals surface area (Å²) in [5, 5.41) is 9.04. The average Bonchev–Trinajstić information content (AvgIpc) is 1.61. The standard InChI is InChI=1S/C5H8F2OS/c1-9-5(8)2-4(6,7)3-5/h8H,2-3H2,1H3. The van der Waals surface area contributed by atoms with E-state index in [0.717, 1.165) is 11.8 Å². The van der Waals surface area contributed by atoms with Crippen LogP contribution in [0.2, 0.25) is 0 Å². The number of rotatable bonds is 1. The van der Waals surface area contributed by atoms with Gasteiger partial charge in [0, 0.05) is 12.8 Å². The van der Waals surface area contributed by atoms with Crippen LogP contribution in [-0.2, 0) is 0 Å².